The Hall–Kier alpha value is -5.42. The standard InChI is InChI=1S/C32H28O11/c1-41-21-13-11-19(27(37)29(21)39)31-23(25(35)15-3-7-17(33)8-4-15)24(26(36)16-5-9-18(34)10-6-16)32(43-31)20-12-14-22(42-2)30(40)28(20)38/h3-14,23-24,31-34,37-40H,1-2H3. The van der Waals surface area contributed by atoms with Gasteiger partial charge in [-0.05, 0) is 72.8 Å². The van der Waals surface area contributed by atoms with Crippen molar-refractivity contribution in [3.8, 4) is 46.0 Å². The van der Waals surface area contributed by atoms with Gasteiger partial charge in [-0.1, -0.05) is 0 Å². The second-order valence-corrected chi connectivity index (χ2v) is 9.96. The molecule has 1 aliphatic rings. The molecule has 0 amide bonds. The number of carbonyl (C=O) groups excluding carboxylic acids is 2. The number of ether oxygens (including phenoxy) is 3. The second kappa shape index (κ2) is 11.5. The van der Waals surface area contributed by atoms with E-state index in [0.717, 1.165) is 0 Å². The number of hydrogen-bond acceptors (Lipinski definition) is 11. The van der Waals surface area contributed by atoms with E-state index in [4.69, 9.17) is 14.2 Å². The summed E-state index contributed by atoms with van der Waals surface area (Å²) >= 11 is 0. The van der Waals surface area contributed by atoms with Gasteiger partial charge in [0.15, 0.2) is 34.6 Å². The number of ketones is 2. The Morgan fingerprint density at radius 2 is 0.884 bits per heavy atom. The molecular formula is C32H28O11. The van der Waals surface area contributed by atoms with E-state index in [1.54, 1.807) is 0 Å². The molecule has 0 spiro atoms. The third-order valence-corrected chi connectivity index (χ3v) is 7.59. The fraction of sp³-hybridized carbons (Fsp3) is 0.188. The van der Waals surface area contributed by atoms with Crippen LogP contribution in [-0.2, 0) is 4.74 Å². The third kappa shape index (κ3) is 5.10. The third-order valence-electron chi connectivity index (χ3n) is 7.59. The molecule has 43 heavy (non-hydrogen) atoms. The molecule has 0 bridgehead atoms. The van der Waals surface area contributed by atoms with Crippen LogP contribution in [0.15, 0.2) is 72.8 Å². The molecule has 4 unspecified atom stereocenters. The summed E-state index contributed by atoms with van der Waals surface area (Å²) in [6.45, 7) is 0. The van der Waals surface area contributed by atoms with E-state index >= 15 is 0 Å². The summed E-state index contributed by atoms with van der Waals surface area (Å²) in [6, 6.07) is 16.2. The largest absolute Gasteiger partial charge is 0.508 e. The number of methoxy groups -OCH3 is 2. The fourth-order valence-electron chi connectivity index (χ4n) is 5.42. The monoisotopic (exact) mass is 588 g/mol. The quantitative estimate of drug-likeness (QED) is 0.123. The maximum atomic E-state index is 14.2. The molecule has 0 aromatic heterocycles. The van der Waals surface area contributed by atoms with Crippen molar-refractivity contribution in [1.82, 2.24) is 0 Å². The highest BCUT2D eigenvalue weighted by atomic mass is 16.5. The lowest BCUT2D eigenvalue weighted by Gasteiger charge is -2.24. The molecule has 0 radical (unpaired) electrons. The number of benzene rings is 4. The van der Waals surface area contributed by atoms with Crippen LogP contribution in [-0.4, -0.2) is 56.4 Å². The number of Topliss-reactive ketones (excluding diaryl/α,β-unsaturated/α-hetero) is 2. The molecule has 4 aromatic rings. The Morgan fingerprint density at radius 3 is 1.21 bits per heavy atom. The number of hydrogen-bond donors (Lipinski definition) is 6. The zero-order valence-corrected chi connectivity index (χ0v) is 23.0. The molecule has 11 heteroatoms. The Bertz CT molecular complexity index is 1550. The molecule has 11 nitrogen and oxygen atoms in total. The minimum absolute atomic E-state index is 0.0429. The minimum atomic E-state index is -1.36. The second-order valence-electron chi connectivity index (χ2n) is 9.96. The Morgan fingerprint density at radius 1 is 0.535 bits per heavy atom. The average Bonchev–Trinajstić information content (AvgIpc) is 3.39. The van der Waals surface area contributed by atoms with Gasteiger partial charge in [0, 0.05) is 22.3 Å². The predicted octanol–water partition coefficient (Wildman–Crippen LogP) is 4.75. The van der Waals surface area contributed by atoms with Crippen LogP contribution < -0.4 is 9.47 Å². The van der Waals surface area contributed by atoms with Gasteiger partial charge in [-0.25, -0.2) is 0 Å². The maximum absolute atomic E-state index is 14.2. The van der Waals surface area contributed by atoms with Gasteiger partial charge in [0.1, 0.15) is 11.5 Å². The van der Waals surface area contributed by atoms with Gasteiger partial charge in [-0.3, -0.25) is 9.59 Å². The van der Waals surface area contributed by atoms with E-state index in [1.165, 1.54) is 87.0 Å². The first kappa shape index (κ1) is 29.1. The number of phenolic OH excluding ortho intramolecular Hbond substituents is 6. The molecule has 0 saturated carbocycles. The van der Waals surface area contributed by atoms with Gasteiger partial charge in [-0.2, -0.15) is 0 Å². The molecule has 4 aromatic carbocycles. The van der Waals surface area contributed by atoms with Gasteiger partial charge in [-0.15, -0.1) is 0 Å². The van der Waals surface area contributed by atoms with E-state index < -0.39 is 58.6 Å². The van der Waals surface area contributed by atoms with Crippen LogP contribution in [0.5, 0.6) is 46.0 Å². The van der Waals surface area contributed by atoms with E-state index in [0.29, 0.717) is 0 Å². The van der Waals surface area contributed by atoms with Crippen LogP contribution in [0.4, 0.5) is 0 Å². The van der Waals surface area contributed by atoms with Crippen LogP contribution in [0.25, 0.3) is 0 Å². The first-order valence-electron chi connectivity index (χ1n) is 13.1. The van der Waals surface area contributed by atoms with Crippen LogP contribution in [0.3, 0.4) is 0 Å². The highest BCUT2D eigenvalue weighted by Gasteiger charge is 2.54. The van der Waals surface area contributed by atoms with Crippen LogP contribution in [0.1, 0.15) is 44.1 Å². The molecule has 6 N–H and O–H groups in total. The fourth-order valence-corrected chi connectivity index (χ4v) is 5.42. The first-order valence-corrected chi connectivity index (χ1v) is 13.1. The predicted molar refractivity (Wildman–Crippen MR) is 151 cm³/mol. The molecule has 5 rings (SSSR count). The lowest BCUT2D eigenvalue weighted by molar-refractivity contribution is 0.0242. The number of aromatic hydroxyl groups is 6. The molecule has 1 heterocycles. The minimum Gasteiger partial charge on any atom is -0.508 e. The summed E-state index contributed by atoms with van der Waals surface area (Å²) in [7, 11) is 2.58. The SMILES string of the molecule is COc1ccc(C2OC(c3ccc(OC)c(O)c3O)C(C(=O)c3ccc(O)cc3)C2C(=O)c2ccc(O)cc2)c(O)c1O. The Balaban J connectivity index is 1.75. The Labute approximate surface area is 245 Å². The van der Waals surface area contributed by atoms with Crippen molar-refractivity contribution >= 4 is 11.6 Å². The van der Waals surface area contributed by atoms with Crippen molar-refractivity contribution in [2.45, 2.75) is 12.2 Å². The molecule has 222 valence electrons. The highest BCUT2D eigenvalue weighted by Crippen LogP contribution is 2.57. The zero-order valence-electron chi connectivity index (χ0n) is 23.0. The Kier molecular flexibility index (Phi) is 7.75. The molecule has 4 atom stereocenters. The summed E-state index contributed by atoms with van der Waals surface area (Å²) in [5, 5.41) is 62.8. The zero-order chi connectivity index (χ0) is 31.0. The van der Waals surface area contributed by atoms with E-state index in [2.05, 4.69) is 0 Å². The van der Waals surface area contributed by atoms with Gasteiger partial charge in [0.2, 0.25) is 11.5 Å². The summed E-state index contributed by atoms with van der Waals surface area (Å²) in [6.07, 6.45) is -2.73. The van der Waals surface area contributed by atoms with E-state index in [9.17, 15) is 40.2 Å². The molecular weight excluding hydrogens is 560 g/mol. The average molecular weight is 589 g/mol. The molecule has 1 fully saturated rings. The first-order chi connectivity index (χ1) is 20.6. The van der Waals surface area contributed by atoms with Gasteiger partial charge >= 0.3 is 0 Å². The number of rotatable bonds is 8. The molecule has 1 saturated heterocycles. The van der Waals surface area contributed by atoms with Crippen LogP contribution in [0, 0.1) is 11.8 Å². The smallest absolute Gasteiger partial charge is 0.200 e. The van der Waals surface area contributed by atoms with Crippen LogP contribution in [0.2, 0.25) is 0 Å². The normalized spacial score (nSPS) is 19.6. The van der Waals surface area contributed by atoms with Crippen molar-refractivity contribution in [1.29, 1.82) is 0 Å². The lowest BCUT2D eigenvalue weighted by atomic mass is 9.74. The number of phenols is 6. The molecule has 1 aliphatic heterocycles. The number of carbonyl (C=O) groups is 2. The van der Waals surface area contributed by atoms with E-state index in [1.807, 2.05) is 0 Å². The summed E-state index contributed by atoms with van der Waals surface area (Å²) in [4.78, 5) is 28.5. The topological polar surface area (TPSA) is 183 Å². The summed E-state index contributed by atoms with van der Waals surface area (Å²) in [5.41, 5.74) is 0.136. The van der Waals surface area contributed by atoms with E-state index in [-0.39, 0.29) is 45.3 Å². The van der Waals surface area contributed by atoms with Crippen LogP contribution >= 0.6 is 0 Å². The van der Waals surface area contributed by atoms with Crippen molar-refractivity contribution in [2.24, 2.45) is 11.8 Å². The van der Waals surface area contributed by atoms with Gasteiger partial charge in [0.25, 0.3) is 0 Å². The van der Waals surface area contributed by atoms with Gasteiger partial charge < -0.3 is 44.8 Å². The van der Waals surface area contributed by atoms with Crippen molar-refractivity contribution in [3.05, 3.63) is 95.1 Å². The summed E-state index contributed by atoms with van der Waals surface area (Å²) in [5.74, 6) is -6.74. The highest BCUT2D eigenvalue weighted by molar-refractivity contribution is 6.06. The van der Waals surface area contributed by atoms with Gasteiger partial charge in [0.05, 0.1) is 38.3 Å². The lowest BCUT2D eigenvalue weighted by Crippen LogP contribution is -2.31. The molecule has 0 aliphatic carbocycles. The van der Waals surface area contributed by atoms with Crippen molar-refractivity contribution < 1.29 is 54.4 Å². The summed E-state index contributed by atoms with van der Waals surface area (Å²) < 4.78 is 16.5. The van der Waals surface area contributed by atoms with Crippen molar-refractivity contribution in [2.75, 3.05) is 14.2 Å². The maximum Gasteiger partial charge on any atom is 0.200 e. The van der Waals surface area contributed by atoms with Crippen molar-refractivity contribution in [3.63, 3.8) is 0 Å².